The Labute approximate surface area is 201 Å². The molecule has 0 spiro atoms. The number of fused-ring (bicyclic) bond motifs is 1. The second-order valence-electron chi connectivity index (χ2n) is 8.52. The van der Waals surface area contributed by atoms with Crippen LogP contribution in [0.1, 0.15) is 57.0 Å². The maximum absolute atomic E-state index is 13.2. The molecule has 1 aliphatic heterocycles. The van der Waals surface area contributed by atoms with E-state index in [4.69, 9.17) is 14.0 Å². The van der Waals surface area contributed by atoms with Crippen LogP contribution in [0, 0.1) is 0 Å². The van der Waals surface area contributed by atoms with Gasteiger partial charge in [0.25, 0.3) is 11.8 Å². The Bertz CT molecular complexity index is 1180. The number of ether oxygens (including phenoxy) is 2. The largest absolute Gasteiger partial charge is 0.497 e. The van der Waals surface area contributed by atoms with Crippen LogP contribution in [0.25, 0.3) is 11.3 Å². The van der Waals surface area contributed by atoms with Crippen molar-refractivity contribution in [2.24, 2.45) is 0 Å². The van der Waals surface area contributed by atoms with Crippen LogP contribution in [0.3, 0.4) is 0 Å². The molecular weight excluding hydrogens is 454 g/mol. The number of methoxy groups -OCH3 is 1. The highest BCUT2D eigenvalue weighted by Gasteiger charge is 2.28. The van der Waals surface area contributed by atoms with Gasteiger partial charge in [0.05, 0.1) is 18.8 Å². The second kappa shape index (κ2) is 9.99. The van der Waals surface area contributed by atoms with Crippen LogP contribution >= 0.6 is 11.3 Å². The molecule has 1 fully saturated rings. The summed E-state index contributed by atoms with van der Waals surface area (Å²) in [7, 11) is 1.60. The van der Waals surface area contributed by atoms with Gasteiger partial charge in [0.1, 0.15) is 10.8 Å². The lowest BCUT2D eigenvalue weighted by Crippen LogP contribution is -2.32. The van der Waals surface area contributed by atoms with Gasteiger partial charge in [-0.2, -0.15) is 0 Å². The van der Waals surface area contributed by atoms with Crippen molar-refractivity contribution in [3.05, 3.63) is 52.0 Å². The summed E-state index contributed by atoms with van der Waals surface area (Å²) in [5.74, 6) is 0.639. The smallest absolute Gasteiger partial charge is 0.278 e. The molecule has 3 aromatic rings. The van der Waals surface area contributed by atoms with Gasteiger partial charge < -0.3 is 24.6 Å². The van der Waals surface area contributed by atoms with E-state index in [1.807, 2.05) is 24.3 Å². The van der Waals surface area contributed by atoms with Crippen LogP contribution < -0.4 is 15.4 Å². The van der Waals surface area contributed by atoms with E-state index in [0.717, 1.165) is 62.0 Å². The van der Waals surface area contributed by atoms with Crippen molar-refractivity contribution in [1.82, 2.24) is 10.5 Å². The number of carbonyl (C=O) groups excluding carboxylic acids is 2. The summed E-state index contributed by atoms with van der Waals surface area (Å²) < 4.78 is 16.2. The lowest BCUT2D eigenvalue weighted by Gasteiger charge is -2.15. The fraction of sp³-hybridized carbons (Fsp3) is 0.400. The standard InChI is InChI=1S/C25H27N3O5S/c1-31-16-10-8-15(9-11-16)20-13-19(28-33-20)23(29)27-25-22(18-6-2-3-7-21(18)34-25)24(30)26-14-17-5-4-12-32-17/h8-11,13,17H,2-7,12,14H2,1H3,(H,26,30)(H,27,29). The van der Waals surface area contributed by atoms with Crippen molar-refractivity contribution < 1.29 is 23.6 Å². The molecule has 0 bridgehead atoms. The zero-order valence-electron chi connectivity index (χ0n) is 19.0. The van der Waals surface area contributed by atoms with Crippen molar-refractivity contribution in [2.75, 3.05) is 25.6 Å². The molecule has 178 valence electrons. The van der Waals surface area contributed by atoms with Crippen LogP contribution in [0.2, 0.25) is 0 Å². The lowest BCUT2D eigenvalue weighted by atomic mass is 9.95. The van der Waals surface area contributed by atoms with Gasteiger partial charge in [0, 0.05) is 29.7 Å². The molecule has 2 aromatic heterocycles. The van der Waals surface area contributed by atoms with Crippen LogP contribution in [0.15, 0.2) is 34.9 Å². The monoisotopic (exact) mass is 481 g/mol. The van der Waals surface area contributed by atoms with E-state index in [1.54, 1.807) is 13.2 Å². The quantitative estimate of drug-likeness (QED) is 0.517. The van der Waals surface area contributed by atoms with Gasteiger partial charge in [-0.1, -0.05) is 5.16 Å². The lowest BCUT2D eigenvalue weighted by molar-refractivity contribution is 0.0858. The number of rotatable bonds is 7. The highest BCUT2D eigenvalue weighted by Crippen LogP contribution is 2.38. The van der Waals surface area contributed by atoms with E-state index >= 15 is 0 Å². The second-order valence-corrected chi connectivity index (χ2v) is 9.62. The molecule has 2 amide bonds. The van der Waals surface area contributed by atoms with Crippen molar-refractivity contribution in [3.8, 4) is 17.1 Å². The zero-order valence-corrected chi connectivity index (χ0v) is 19.8. The number of hydrogen-bond donors (Lipinski definition) is 2. The summed E-state index contributed by atoms with van der Waals surface area (Å²) >= 11 is 1.48. The molecule has 0 saturated carbocycles. The van der Waals surface area contributed by atoms with Crippen LogP contribution in [0.4, 0.5) is 5.00 Å². The molecule has 2 N–H and O–H groups in total. The topological polar surface area (TPSA) is 103 Å². The van der Waals surface area contributed by atoms with Gasteiger partial charge in [-0.25, -0.2) is 0 Å². The molecule has 0 radical (unpaired) electrons. The van der Waals surface area contributed by atoms with Crippen LogP contribution in [-0.4, -0.2) is 43.3 Å². The summed E-state index contributed by atoms with van der Waals surface area (Å²) in [5.41, 5.74) is 2.57. The normalized spacial score (nSPS) is 17.3. The fourth-order valence-electron chi connectivity index (χ4n) is 4.44. The molecule has 2 aliphatic rings. The first-order valence-electron chi connectivity index (χ1n) is 11.6. The van der Waals surface area contributed by atoms with E-state index in [1.165, 1.54) is 16.2 Å². The minimum atomic E-state index is -0.407. The Kier molecular flexibility index (Phi) is 6.64. The van der Waals surface area contributed by atoms with Gasteiger partial charge in [0.15, 0.2) is 11.5 Å². The van der Waals surface area contributed by atoms with Gasteiger partial charge in [0.2, 0.25) is 0 Å². The van der Waals surface area contributed by atoms with Gasteiger partial charge in [-0.3, -0.25) is 9.59 Å². The number of anilines is 1. The van der Waals surface area contributed by atoms with E-state index in [0.29, 0.717) is 22.9 Å². The Balaban J connectivity index is 1.34. The maximum atomic E-state index is 13.2. The van der Waals surface area contributed by atoms with Crippen LogP contribution in [-0.2, 0) is 17.6 Å². The summed E-state index contributed by atoms with van der Waals surface area (Å²) in [6.07, 6.45) is 5.93. The number of thiophene rings is 1. The average Bonchev–Trinajstić information content (AvgIpc) is 3.62. The van der Waals surface area contributed by atoms with Crippen molar-refractivity contribution >= 4 is 28.2 Å². The van der Waals surface area contributed by atoms with E-state index in [2.05, 4.69) is 15.8 Å². The number of amides is 2. The first kappa shape index (κ1) is 22.6. The first-order chi connectivity index (χ1) is 16.6. The third-order valence-electron chi connectivity index (χ3n) is 6.26. The molecule has 1 saturated heterocycles. The Morgan fingerprint density at radius 2 is 1.97 bits per heavy atom. The number of aromatic nitrogens is 1. The summed E-state index contributed by atoms with van der Waals surface area (Å²) in [5, 5.41) is 10.4. The van der Waals surface area contributed by atoms with Crippen LogP contribution in [0.5, 0.6) is 5.75 Å². The minimum absolute atomic E-state index is 0.0583. The highest BCUT2D eigenvalue weighted by molar-refractivity contribution is 7.17. The number of benzene rings is 1. The number of hydrogen-bond acceptors (Lipinski definition) is 7. The average molecular weight is 482 g/mol. The van der Waals surface area contributed by atoms with Crippen molar-refractivity contribution in [1.29, 1.82) is 0 Å². The summed E-state index contributed by atoms with van der Waals surface area (Å²) in [6.45, 7) is 1.22. The number of nitrogens with zero attached hydrogens (tertiary/aromatic N) is 1. The molecule has 1 atom stereocenters. The number of nitrogens with one attached hydrogen (secondary N) is 2. The predicted octanol–water partition coefficient (Wildman–Crippen LogP) is 4.45. The number of aryl methyl sites for hydroxylation is 1. The fourth-order valence-corrected chi connectivity index (χ4v) is 5.72. The molecule has 34 heavy (non-hydrogen) atoms. The third kappa shape index (κ3) is 4.71. The SMILES string of the molecule is COc1ccc(-c2cc(C(=O)Nc3sc4c(c3C(=O)NCC3CCCO3)CCCC4)no2)cc1. The Hall–Kier alpha value is -3.17. The van der Waals surface area contributed by atoms with Crippen molar-refractivity contribution in [2.45, 2.75) is 44.6 Å². The molecule has 1 aliphatic carbocycles. The van der Waals surface area contributed by atoms with Gasteiger partial charge in [-0.15, -0.1) is 11.3 Å². The molecule has 1 aromatic carbocycles. The molecule has 5 rings (SSSR count). The third-order valence-corrected chi connectivity index (χ3v) is 7.46. The molecule has 8 nitrogen and oxygen atoms in total. The minimum Gasteiger partial charge on any atom is -0.497 e. The summed E-state index contributed by atoms with van der Waals surface area (Å²) in [4.78, 5) is 27.3. The predicted molar refractivity (Wildman–Crippen MR) is 129 cm³/mol. The summed E-state index contributed by atoms with van der Waals surface area (Å²) in [6, 6.07) is 8.90. The number of carbonyl (C=O) groups is 2. The molecular formula is C25H27N3O5S. The van der Waals surface area contributed by atoms with Gasteiger partial charge in [-0.05, 0) is 68.4 Å². The molecule has 9 heteroatoms. The molecule has 3 heterocycles. The first-order valence-corrected chi connectivity index (χ1v) is 12.4. The van der Waals surface area contributed by atoms with E-state index in [-0.39, 0.29) is 17.7 Å². The van der Waals surface area contributed by atoms with E-state index < -0.39 is 5.91 Å². The zero-order chi connectivity index (χ0) is 23.5. The van der Waals surface area contributed by atoms with Crippen molar-refractivity contribution in [3.63, 3.8) is 0 Å². The van der Waals surface area contributed by atoms with E-state index in [9.17, 15) is 9.59 Å². The Morgan fingerprint density at radius 3 is 2.74 bits per heavy atom. The van der Waals surface area contributed by atoms with Gasteiger partial charge >= 0.3 is 0 Å². The maximum Gasteiger partial charge on any atom is 0.278 e. The highest BCUT2D eigenvalue weighted by atomic mass is 32.1. The molecule has 1 unspecified atom stereocenters. The Morgan fingerprint density at radius 1 is 1.15 bits per heavy atom.